The summed E-state index contributed by atoms with van der Waals surface area (Å²) < 4.78 is 2.15. The molecule has 1 aromatic heterocycles. The molecule has 1 amide bonds. The second-order valence-corrected chi connectivity index (χ2v) is 7.47. The molecule has 0 N–H and O–H groups in total. The predicted octanol–water partition coefficient (Wildman–Crippen LogP) is 4.12. The molecule has 1 aliphatic heterocycles. The lowest BCUT2D eigenvalue weighted by Crippen LogP contribution is -2.49. The summed E-state index contributed by atoms with van der Waals surface area (Å²) in [4.78, 5) is 17.5. The quantitative estimate of drug-likeness (QED) is 0.673. The molecule has 0 spiro atoms. The van der Waals surface area contributed by atoms with E-state index in [1.165, 1.54) is 16.8 Å². The summed E-state index contributed by atoms with van der Waals surface area (Å²) in [6.45, 7) is 5.42. The Labute approximate surface area is 167 Å². The second-order valence-electron chi connectivity index (χ2n) is 7.47. The zero-order valence-electron chi connectivity index (χ0n) is 16.4. The molecule has 4 rings (SSSR count). The van der Waals surface area contributed by atoms with Crippen LogP contribution < -0.4 is 4.90 Å². The fourth-order valence-corrected chi connectivity index (χ4v) is 3.98. The Morgan fingerprint density at radius 2 is 1.61 bits per heavy atom. The van der Waals surface area contributed by atoms with E-state index in [4.69, 9.17) is 0 Å². The minimum absolute atomic E-state index is 0.0366. The van der Waals surface area contributed by atoms with E-state index in [-0.39, 0.29) is 11.9 Å². The van der Waals surface area contributed by atoms with Crippen LogP contribution in [0.1, 0.15) is 23.6 Å². The summed E-state index contributed by atoms with van der Waals surface area (Å²) >= 11 is 0. The Hall–Kier alpha value is -3.01. The summed E-state index contributed by atoms with van der Waals surface area (Å²) in [5.41, 5.74) is 3.64. The minimum atomic E-state index is 0.0366. The van der Waals surface area contributed by atoms with Gasteiger partial charge in [-0.05, 0) is 36.8 Å². The Balaban J connectivity index is 1.44. The Kier molecular flexibility index (Phi) is 5.47. The molecule has 3 aromatic rings. The summed E-state index contributed by atoms with van der Waals surface area (Å²) in [6, 6.07) is 23.0. The zero-order valence-corrected chi connectivity index (χ0v) is 16.4. The van der Waals surface area contributed by atoms with Crippen LogP contribution in [-0.4, -0.2) is 41.6 Å². The van der Waals surface area contributed by atoms with Crippen LogP contribution in [0.15, 0.2) is 79.1 Å². The van der Waals surface area contributed by atoms with Gasteiger partial charge in [-0.1, -0.05) is 48.0 Å². The van der Waals surface area contributed by atoms with Crippen molar-refractivity contribution in [2.45, 2.75) is 19.4 Å². The molecule has 1 aliphatic rings. The third-order valence-corrected chi connectivity index (χ3v) is 5.54. The van der Waals surface area contributed by atoms with E-state index in [0.29, 0.717) is 6.42 Å². The molecule has 0 radical (unpaired) electrons. The van der Waals surface area contributed by atoms with Gasteiger partial charge in [0.25, 0.3) is 0 Å². The van der Waals surface area contributed by atoms with Gasteiger partial charge in [0.1, 0.15) is 0 Å². The molecule has 0 saturated carbocycles. The number of nitrogens with zero attached hydrogens (tertiary/aromatic N) is 3. The predicted molar refractivity (Wildman–Crippen MR) is 114 cm³/mol. The normalized spacial score (nSPS) is 15.5. The van der Waals surface area contributed by atoms with Crippen LogP contribution in [0.2, 0.25) is 0 Å². The lowest BCUT2D eigenvalue weighted by molar-refractivity contribution is -0.132. The number of para-hydroxylation sites is 1. The van der Waals surface area contributed by atoms with E-state index >= 15 is 0 Å². The fourth-order valence-electron chi connectivity index (χ4n) is 3.98. The number of hydrogen-bond donors (Lipinski definition) is 0. The van der Waals surface area contributed by atoms with Gasteiger partial charge < -0.3 is 14.4 Å². The minimum Gasteiger partial charge on any atom is -0.368 e. The number of aromatic nitrogens is 1. The Morgan fingerprint density at radius 3 is 2.29 bits per heavy atom. The molecule has 144 valence electrons. The average molecular weight is 374 g/mol. The van der Waals surface area contributed by atoms with Crippen LogP contribution in [0.4, 0.5) is 5.69 Å². The van der Waals surface area contributed by atoms with Gasteiger partial charge in [-0.3, -0.25) is 4.79 Å². The number of hydrogen-bond acceptors (Lipinski definition) is 2. The maximum atomic E-state index is 13.1. The fraction of sp³-hybridized carbons (Fsp3) is 0.292. The van der Waals surface area contributed by atoms with Crippen molar-refractivity contribution in [3.63, 3.8) is 0 Å². The van der Waals surface area contributed by atoms with Crippen molar-refractivity contribution in [1.82, 2.24) is 9.47 Å². The second kappa shape index (κ2) is 8.34. The Bertz CT molecular complexity index is 897. The first-order chi connectivity index (χ1) is 13.7. The van der Waals surface area contributed by atoms with Gasteiger partial charge in [0, 0.05) is 44.3 Å². The van der Waals surface area contributed by atoms with Crippen molar-refractivity contribution in [1.29, 1.82) is 0 Å². The van der Waals surface area contributed by atoms with Gasteiger partial charge in [0.05, 0.1) is 12.5 Å². The number of anilines is 1. The molecule has 2 aromatic carbocycles. The van der Waals surface area contributed by atoms with Crippen LogP contribution in [0.5, 0.6) is 0 Å². The number of amides is 1. The standard InChI is InChI=1S/C24H27N3O/c1-20-8-7-9-21(18-20)23(26-12-5-6-13-26)19-24(28)27-16-14-25(15-17-27)22-10-3-2-4-11-22/h2-13,18,23H,14-17,19H2,1H3/t23-/m1/s1. The van der Waals surface area contributed by atoms with Gasteiger partial charge in [-0.25, -0.2) is 0 Å². The van der Waals surface area contributed by atoms with E-state index in [2.05, 4.69) is 64.9 Å². The van der Waals surface area contributed by atoms with Crippen LogP contribution in [0.3, 0.4) is 0 Å². The summed E-state index contributed by atoms with van der Waals surface area (Å²) in [5.74, 6) is 0.230. The van der Waals surface area contributed by atoms with Crippen LogP contribution >= 0.6 is 0 Å². The highest BCUT2D eigenvalue weighted by Crippen LogP contribution is 2.25. The van der Waals surface area contributed by atoms with Crippen molar-refractivity contribution in [3.05, 3.63) is 90.3 Å². The van der Waals surface area contributed by atoms with Crippen LogP contribution in [0.25, 0.3) is 0 Å². The first kappa shape index (κ1) is 18.4. The van der Waals surface area contributed by atoms with E-state index < -0.39 is 0 Å². The van der Waals surface area contributed by atoms with E-state index in [1.54, 1.807) is 0 Å². The van der Waals surface area contributed by atoms with Crippen molar-refractivity contribution < 1.29 is 4.79 Å². The number of aryl methyl sites for hydroxylation is 1. The van der Waals surface area contributed by atoms with Crippen molar-refractivity contribution >= 4 is 11.6 Å². The van der Waals surface area contributed by atoms with Crippen LogP contribution in [-0.2, 0) is 4.79 Å². The first-order valence-electron chi connectivity index (χ1n) is 9.97. The zero-order chi connectivity index (χ0) is 19.3. The lowest BCUT2D eigenvalue weighted by atomic mass is 10.0. The molecule has 4 heteroatoms. The van der Waals surface area contributed by atoms with Gasteiger partial charge in [-0.2, -0.15) is 0 Å². The number of carbonyl (C=O) groups excluding carboxylic acids is 1. The van der Waals surface area contributed by atoms with E-state index in [9.17, 15) is 4.79 Å². The molecule has 0 aliphatic carbocycles. The first-order valence-corrected chi connectivity index (χ1v) is 9.97. The molecular formula is C24H27N3O. The molecule has 0 unspecified atom stereocenters. The maximum Gasteiger partial charge on any atom is 0.225 e. The van der Waals surface area contributed by atoms with Crippen molar-refractivity contribution in [2.24, 2.45) is 0 Å². The van der Waals surface area contributed by atoms with Gasteiger partial charge in [-0.15, -0.1) is 0 Å². The van der Waals surface area contributed by atoms with E-state index in [0.717, 1.165) is 26.2 Å². The highest BCUT2D eigenvalue weighted by atomic mass is 16.2. The van der Waals surface area contributed by atoms with Crippen LogP contribution in [0, 0.1) is 6.92 Å². The Morgan fingerprint density at radius 1 is 0.893 bits per heavy atom. The third-order valence-electron chi connectivity index (χ3n) is 5.54. The topological polar surface area (TPSA) is 28.5 Å². The van der Waals surface area contributed by atoms with E-state index in [1.807, 2.05) is 35.5 Å². The van der Waals surface area contributed by atoms with Gasteiger partial charge in [0.2, 0.25) is 5.91 Å². The maximum absolute atomic E-state index is 13.1. The third kappa shape index (κ3) is 4.11. The summed E-state index contributed by atoms with van der Waals surface area (Å²) in [7, 11) is 0. The van der Waals surface area contributed by atoms with Gasteiger partial charge in [0.15, 0.2) is 0 Å². The molecular weight excluding hydrogens is 346 g/mol. The molecule has 4 nitrogen and oxygen atoms in total. The highest BCUT2D eigenvalue weighted by molar-refractivity contribution is 5.77. The van der Waals surface area contributed by atoms with Crippen molar-refractivity contribution in [3.8, 4) is 0 Å². The molecule has 1 fully saturated rings. The highest BCUT2D eigenvalue weighted by Gasteiger charge is 2.25. The number of piperazine rings is 1. The molecule has 1 atom stereocenters. The molecule has 28 heavy (non-hydrogen) atoms. The average Bonchev–Trinajstić information content (AvgIpc) is 3.27. The summed E-state index contributed by atoms with van der Waals surface area (Å²) in [6.07, 6.45) is 4.59. The van der Waals surface area contributed by atoms with Crippen molar-refractivity contribution in [2.75, 3.05) is 31.1 Å². The number of benzene rings is 2. The summed E-state index contributed by atoms with van der Waals surface area (Å²) in [5, 5.41) is 0. The number of rotatable bonds is 5. The number of carbonyl (C=O) groups is 1. The molecule has 0 bridgehead atoms. The smallest absolute Gasteiger partial charge is 0.225 e. The molecule has 1 saturated heterocycles. The lowest BCUT2D eigenvalue weighted by Gasteiger charge is -2.36. The largest absolute Gasteiger partial charge is 0.368 e. The van der Waals surface area contributed by atoms with Gasteiger partial charge >= 0.3 is 0 Å². The molecule has 2 heterocycles. The SMILES string of the molecule is Cc1cccc([C@@H](CC(=O)N2CCN(c3ccccc3)CC2)n2cccc2)c1. The monoisotopic (exact) mass is 373 g/mol.